The Balaban J connectivity index is 2.31. The molecule has 0 bridgehead atoms. The van der Waals surface area contributed by atoms with Gasteiger partial charge in [-0.25, -0.2) is 4.98 Å². The minimum Gasteiger partial charge on any atom is -0.362 e. The number of nitrogens with one attached hydrogen (secondary N) is 1. The van der Waals surface area contributed by atoms with Gasteiger partial charge < -0.3 is 10.2 Å². The summed E-state index contributed by atoms with van der Waals surface area (Å²) in [6.07, 6.45) is 1.69. The molecule has 0 aliphatic rings. The number of hydrogen-bond donors (Lipinski definition) is 1. The number of para-hydroxylation sites is 1. The monoisotopic (exact) mass is 283 g/mol. The molecule has 2 rings (SSSR count). The third kappa shape index (κ3) is 3.40. The van der Waals surface area contributed by atoms with E-state index >= 15 is 0 Å². The maximum absolute atomic E-state index is 12.5. The van der Waals surface area contributed by atoms with Crippen molar-refractivity contribution < 1.29 is 4.79 Å². The molecule has 2 aromatic rings. The normalized spacial score (nSPS) is 10.5. The minimum absolute atomic E-state index is 0.139. The van der Waals surface area contributed by atoms with E-state index in [9.17, 15) is 4.79 Å². The van der Waals surface area contributed by atoms with Crippen LogP contribution in [0.2, 0.25) is 0 Å². The fourth-order valence-corrected chi connectivity index (χ4v) is 2.23. The average molecular weight is 283 g/mol. The zero-order valence-corrected chi connectivity index (χ0v) is 12.9. The molecule has 0 saturated heterocycles. The molecule has 0 aliphatic carbocycles. The lowest BCUT2D eigenvalue weighted by atomic mass is 10.0. The van der Waals surface area contributed by atoms with Crippen LogP contribution in [0.25, 0.3) is 0 Å². The van der Waals surface area contributed by atoms with Gasteiger partial charge in [-0.2, -0.15) is 0 Å². The number of amides is 1. The first-order valence-electron chi connectivity index (χ1n) is 7.03. The number of carbonyl (C=O) groups is 1. The molecular formula is C17H21N3O. The number of pyridine rings is 1. The SMILES string of the molecule is CC(C)c1ccccc1NC(=O)c1cccnc1N(C)C. The maximum Gasteiger partial charge on any atom is 0.259 e. The van der Waals surface area contributed by atoms with Gasteiger partial charge in [-0.15, -0.1) is 0 Å². The lowest BCUT2D eigenvalue weighted by Crippen LogP contribution is -2.20. The van der Waals surface area contributed by atoms with Crippen molar-refractivity contribution in [3.8, 4) is 0 Å². The Kier molecular flexibility index (Phi) is 4.58. The Morgan fingerprint density at radius 1 is 1.14 bits per heavy atom. The van der Waals surface area contributed by atoms with E-state index in [1.807, 2.05) is 43.3 Å². The molecule has 0 radical (unpaired) electrons. The third-order valence-electron chi connectivity index (χ3n) is 3.29. The van der Waals surface area contributed by atoms with Gasteiger partial charge in [0.25, 0.3) is 5.91 Å². The van der Waals surface area contributed by atoms with E-state index in [0.29, 0.717) is 17.3 Å². The van der Waals surface area contributed by atoms with Crippen LogP contribution in [0.5, 0.6) is 0 Å². The molecule has 1 aromatic carbocycles. The summed E-state index contributed by atoms with van der Waals surface area (Å²) in [5.74, 6) is 0.876. The Labute approximate surface area is 125 Å². The van der Waals surface area contributed by atoms with Crippen LogP contribution >= 0.6 is 0 Å². The Bertz CT molecular complexity index is 635. The molecule has 1 amide bonds. The summed E-state index contributed by atoms with van der Waals surface area (Å²) < 4.78 is 0. The highest BCUT2D eigenvalue weighted by Crippen LogP contribution is 2.25. The van der Waals surface area contributed by atoms with Crippen LogP contribution in [0.15, 0.2) is 42.6 Å². The summed E-state index contributed by atoms with van der Waals surface area (Å²) in [5.41, 5.74) is 2.55. The van der Waals surface area contributed by atoms with Gasteiger partial charge >= 0.3 is 0 Å². The second kappa shape index (κ2) is 6.39. The Morgan fingerprint density at radius 3 is 2.52 bits per heavy atom. The molecule has 1 N–H and O–H groups in total. The predicted molar refractivity (Wildman–Crippen MR) is 87.0 cm³/mol. The lowest BCUT2D eigenvalue weighted by Gasteiger charge is -2.17. The van der Waals surface area contributed by atoms with Crippen molar-refractivity contribution in [1.82, 2.24) is 4.98 Å². The van der Waals surface area contributed by atoms with Gasteiger partial charge in [0.1, 0.15) is 5.82 Å². The van der Waals surface area contributed by atoms with Crippen molar-refractivity contribution in [2.24, 2.45) is 0 Å². The second-order valence-corrected chi connectivity index (χ2v) is 5.47. The van der Waals surface area contributed by atoms with Crippen LogP contribution in [0.3, 0.4) is 0 Å². The summed E-state index contributed by atoms with van der Waals surface area (Å²) in [6, 6.07) is 11.4. The van der Waals surface area contributed by atoms with Crippen LogP contribution in [-0.2, 0) is 0 Å². The largest absolute Gasteiger partial charge is 0.362 e. The fraction of sp³-hybridized carbons (Fsp3) is 0.294. The molecule has 0 unspecified atom stereocenters. The van der Waals surface area contributed by atoms with E-state index in [1.54, 1.807) is 18.3 Å². The van der Waals surface area contributed by atoms with Crippen molar-refractivity contribution in [1.29, 1.82) is 0 Å². The van der Waals surface area contributed by atoms with Crippen molar-refractivity contribution in [2.45, 2.75) is 19.8 Å². The highest BCUT2D eigenvalue weighted by Gasteiger charge is 2.15. The Hall–Kier alpha value is -2.36. The molecule has 0 atom stereocenters. The topological polar surface area (TPSA) is 45.2 Å². The van der Waals surface area contributed by atoms with E-state index in [2.05, 4.69) is 24.1 Å². The maximum atomic E-state index is 12.5. The molecule has 0 saturated carbocycles. The molecule has 4 nitrogen and oxygen atoms in total. The smallest absolute Gasteiger partial charge is 0.259 e. The average Bonchev–Trinajstić information content (AvgIpc) is 2.47. The number of carbonyl (C=O) groups excluding carboxylic acids is 1. The second-order valence-electron chi connectivity index (χ2n) is 5.47. The summed E-state index contributed by atoms with van der Waals surface area (Å²) in [6.45, 7) is 4.22. The molecule has 1 heterocycles. The van der Waals surface area contributed by atoms with Crippen LogP contribution < -0.4 is 10.2 Å². The summed E-state index contributed by atoms with van der Waals surface area (Å²) in [5, 5.41) is 3.00. The van der Waals surface area contributed by atoms with Gasteiger partial charge in [-0.05, 0) is 29.7 Å². The van der Waals surface area contributed by atoms with E-state index < -0.39 is 0 Å². The number of aromatic nitrogens is 1. The number of rotatable bonds is 4. The zero-order chi connectivity index (χ0) is 15.4. The number of anilines is 2. The first kappa shape index (κ1) is 15.0. The van der Waals surface area contributed by atoms with Crippen LogP contribution in [0, 0.1) is 0 Å². The number of hydrogen-bond acceptors (Lipinski definition) is 3. The quantitative estimate of drug-likeness (QED) is 0.933. The number of benzene rings is 1. The van der Waals surface area contributed by atoms with Crippen LogP contribution in [-0.4, -0.2) is 25.0 Å². The number of nitrogens with zero attached hydrogens (tertiary/aromatic N) is 2. The van der Waals surface area contributed by atoms with Gasteiger partial charge in [0.2, 0.25) is 0 Å². The summed E-state index contributed by atoms with van der Waals surface area (Å²) in [7, 11) is 3.75. The van der Waals surface area contributed by atoms with E-state index in [-0.39, 0.29) is 5.91 Å². The van der Waals surface area contributed by atoms with Crippen molar-refractivity contribution in [3.05, 3.63) is 53.7 Å². The third-order valence-corrected chi connectivity index (χ3v) is 3.29. The van der Waals surface area contributed by atoms with Gasteiger partial charge in [0, 0.05) is 26.0 Å². The van der Waals surface area contributed by atoms with E-state index in [1.165, 1.54) is 0 Å². The van der Waals surface area contributed by atoms with Crippen molar-refractivity contribution in [3.63, 3.8) is 0 Å². The molecule has 0 fully saturated rings. The van der Waals surface area contributed by atoms with Crippen LogP contribution in [0.4, 0.5) is 11.5 Å². The fourth-order valence-electron chi connectivity index (χ4n) is 2.23. The predicted octanol–water partition coefficient (Wildman–Crippen LogP) is 3.52. The highest BCUT2D eigenvalue weighted by molar-refractivity contribution is 6.07. The van der Waals surface area contributed by atoms with Gasteiger partial charge in [0.15, 0.2) is 0 Å². The van der Waals surface area contributed by atoms with Crippen LogP contribution in [0.1, 0.15) is 35.7 Å². The van der Waals surface area contributed by atoms with Gasteiger partial charge in [-0.1, -0.05) is 32.0 Å². The zero-order valence-electron chi connectivity index (χ0n) is 12.9. The highest BCUT2D eigenvalue weighted by atomic mass is 16.1. The molecule has 0 spiro atoms. The summed E-state index contributed by atoms with van der Waals surface area (Å²) in [4.78, 5) is 18.6. The lowest BCUT2D eigenvalue weighted by molar-refractivity contribution is 0.102. The Morgan fingerprint density at radius 2 is 1.86 bits per heavy atom. The standard InChI is InChI=1S/C17H21N3O/c1-12(2)13-8-5-6-10-15(13)19-17(21)14-9-7-11-18-16(14)20(3)4/h5-12H,1-4H3,(H,19,21). The first-order chi connectivity index (χ1) is 10.0. The van der Waals surface area contributed by atoms with Crippen molar-refractivity contribution >= 4 is 17.4 Å². The summed E-state index contributed by atoms with van der Waals surface area (Å²) >= 11 is 0. The van der Waals surface area contributed by atoms with E-state index in [4.69, 9.17) is 0 Å². The minimum atomic E-state index is -0.139. The van der Waals surface area contributed by atoms with Crippen molar-refractivity contribution in [2.75, 3.05) is 24.3 Å². The van der Waals surface area contributed by atoms with Gasteiger partial charge in [0.05, 0.1) is 5.56 Å². The molecule has 21 heavy (non-hydrogen) atoms. The van der Waals surface area contributed by atoms with E-state index in [0.717, 1.165) is 11.3 Å². The molecule has 4 heteroatoms. The molecule has 110 valence electrons. The molecular weight excluding hydrogens is 262 g/mol. The first-order valence-corrected chi connectivity index (χ1v) is 7.03. The van der Waals surface area contributed by atoms with Gasteiger partial charge in [-0.3, -0.25) is 4.79 Å². The molecule has 1 aromatic heterocycles. The molecule has 0 aliphatic heterocycles.